The zero-order chi connectivity index (χ0) is 15.9. The molecule has 4 heteroatoms. The highest BCUT2D eigenvalue weighted by Gasteiger charge is 2.05. The van der Waals surface area contributed by atoms with E-state index in [4.69, 9.17) is 0 Å². The van der Waals surface area contributed by atoms with Crippen molar-refractivity contribution >= 4 is 17.5 Å². The summed E-state index contributed by atoms with van der Waals surface area (Å²) in [6, 6.07) is 8.25. The zero-order valence-electron chi connectivity index (χ0n) is 13.5. The van der Waals surface area contributed by atoms with E-state index in [0.29, 0.717) is 5.56 Å². The number of nitrogens with zero attached hydrogens (tertiary/aromatic N) is 3. The SMILES string of the molecule is CCN(CC)c1ccc(/C=C/C(=O)c2cnn(CC)c2)cc1. The molecule has 2 rings (SSSR count). The normalized spacial score (nSPS) is 11.0. The summed E-state index contributed by atoms with van der Waals surface area (Å²) >= 11 is 0. The molecule has 22 heavy (non-hydrogen) atoms. The Morgan fingerprint density at radius 1 is 1.18 bits per heavy atom. The van der Waals surface area contributed by atoms with Gasteiger partial charge in [0.1, 0.15) is 0 Å². The highest BCUT2D eigenvalue weighted by molar-refractivity contribution is 6.06. The first kappa shape index (κ1) is 16.0. The van der Waals surface area contributed by atoms with Gasteiger partial charge in [0.05, 0.1) is 11.8 Å². The molecule has 1 heterocycles. The molecule has 0 bridgehead atoms. The van der Waals surface area contributed by atoms with Crippen LogP contribution in [0.4, 0.5) is 5.69 Å². The van der Waals surface area contributed by atoms with Crippen LogP contribution in [0.2, 0.25) is 0 Å². The van der Waals surface area contributed by atoms with Crippen LogP contribution in [0.1, 0.15) is 36.7 Å². The summed E-state index contributed by atoms with van der Waals surface area (Å²) in [6.45, 7) is 9.04. The third-order valence-electron chi connectivity index (χ3n) is 3.69. The molecule has 0 saturated heterocycles. The van der Waals surface area contributed by atoms with Gasteiger partial charge in [0.25, 0.3) is 0 Å². The molecule has 2 aromatic rings. The number of aromatic nitrogens is 2. The largest absolute Gasteiger partial charge is 0.372 e. The smallest absolute Gasteiger partial charge is 0.189 e. The maximum absolute atomic E-state index is 12.1. The van der Waals surface area contributed by atoms with Crippen molar-refractivity contribution < 1.29 is 4.79 Å². The maximum Gasteiger partial charge on any atom is 0.189 e. The molecule has 0 atom stereocenters. The molecule has 1 aromatic carbocycles. The molecule has 0 radical (unpaired) electrons. The fourth-order valence-electron chi connectivity index (χ4n) is 2.32. The van der Waals surface area contributed by atoms with E-state index < -0.39 is 0 Å². The van der Waals surface area contributed by atoms with Gasteiger partial charge in [-0.25, -0.2) is 0 Å². The number of ketones is 1. The van der Waals surface area contributed by atoms with Crippen LogP contribution in [-0.4, -0.2) is 28.7 Å². The van der Waals surface area contributed by atoms with E-state index in [1.807, 2.05) is 25.1 Å². The molecule has 0 N–H and O–H groups in total. The zero-order valence-corrected chi connectivity index (χ0v) is 13.5. The number of benzene rings is 1. The first-order valence-electron chi connectivity index (χ1n) is 7.77. The molecule has 0 unspecified atom stereocenters. The molecule has 0 aliphatic rings. The van der Waals surface area contributed by atoms with Crippen LogP contribution in [0.15, 0.2) is 42.7 Å². The van der Waals surface area contributed by atoms with Gasteiger partial charge in [-0.1, -0.05) is 18.2 Å². The van der Waals surface area contributed by atoms with Crippen LogP contribution in [0, 0.1) is 0 Å². The van der Waals surface area contributed by atoms with Crippen molar-refractivity contribution in [1.29, 1.82) is 0 Å². The molecule has 0 fully saturated rings. The third-order valence-corrected chi connectivity index (χ3v) is 3.69. The summed E-state index contributed by atoms with van der Waals surface area (Å²) in [5, 5.41) is 4.12. The van der Waals surface area contributed by atoms with E-state index in [2.05, 4.69) is 36.0 Å². The Bertz CT molecular complexity index is 637. The standard InChI is InChI=1S/C18H23N3O/c1-4-20(5-2)17-10-7-15(8-11-17)9-12-18(22)16-13-19-21(6-3)14-16/h7-14H,4-6H2,1-3H3/b12-9+. The summed E-state index contributed by atoms with van der Waals surface area (Å²) in [5.41, 5.74) is 2.85. The van der Waals surface area contributed by atoms with Crippen molar-refractivity contribution in [2.45, 2.75) is 27.3 Å². The molecule has 1 aromatic heterocycles. The van der Waals surface area contributed by atoms with E-state index in [9.17, 15) is 4.79 Å². The summed E-state index contributed by atoms with van der Waals surface area (Å²) < 4.78 is 1.75. The van der Waals surface area contributed by atoms with Gasteiger partial charge in [0.15, 0.2) is 5.78 Å². The summed E-state index contributed by atoms with van der Waals surface area (Å²) in [6.07, 6.45) is 6.83. The van der Waals surface area contributed by atoms with Gasteiger partial charge in [-0.15, -0.1) is 0 Å². The second kappa shape index (κ2) is 7.59. The fourth-order valence-corrected chi connectivity index (χ4v) is 2.32. The molecule has 0 aliphatic carbocycles. The summed E-state index contributed by atoms with van der Waals surface area (Å²) in [7, 11) is 0. The monoisotopic (exact) mass is 297 g/mol. The Morgan fingerprint density at radius 2 is 1.86 bits per heavy atom. The molecule has 0 spiro atoms. The lowest BCUT2D eigenvalue weighted by Gasteiger charge is -2.20. The highest BCUT2D eigenvalue weighted by atomic mass is 16.1. The number of hydrogen-bond donors (Lipinski definition) is 0. The predicted octanol–water partition coefficient (Wildman–Crippen LogP) is 3.65. The first-order valence-corrected chi connectivity index (χ1v) is 7.77. The van der Waals surface area contributed by atoms with E-state index >= 15 is 0 Å². The van der Waals surface area contributed by atoms with Crippen molar-refractivity contribution in [3.05, 3.63) is 53.9 Å². The lowest BCUT2D eigenvalue weighted by atomic mass is 10.1. The van der Waals surface area contributed by atoms with Gasteiger partial charge in [-0.2, -0.15) is 5.10 Å². The minimum absolute atomic E-state index is 0.0208. The van der Waals surface area contributed by atoms with Gasteiger partial charge in [-0.3, -0.25) is 9.48 Å². The van der Waals surface area contributed by atoms with E-state index in [1.54, 1.807) is 23.2 Å². The summed E-state index contributed by atoms with van der Waals surface area (Å²) in [4.78, 5) is 14.4. The Kier molecular flexibility index (Phi) is 5.53. The number of anilines is 1. The van der Waals surface area contributed by atoms with Gasteiger partial charge in [0.2, 0.25) is 0 Å². The Labute approximate surface area is 132 Å². The van der Waals surface area contributed by atoms with Crippen LogP contribution < -0.4 is 4.90 Å². The van der Waals surface area contributed by atoms with Gasteiger partial charge in [0, 0.05) is 31.5 Å². The average molecular weight is 297 g/mol. The molecular weight excluding hydrogens is 274 g/mol. The van der Waals surface area contributed by atoms with Crippen LogP contribution >= 0.6 is 0 Å². The second-order valence-corrected chi connectivity index (χ2v) is 5.05. The number of rotatable bonds is 7. The molecule has 0 saturated carbocycles. The highest BCUT2D eigenvalue weighted by Crippen LogP contribution is 2.16. The lowest BCUT2D eigenvalue weighted by molar-refractivity contribution is 0.104. The second-order valence-electron chi connectivity index (χ2n) is 5.05. The van der Waals surface area contributed by atoms with E-state index in [0.717, 1.165) is 25.2 Å². The minimum Gasteiger partial charge on any atom is -0.372 e. The topological polar surface area (TPSA) is 38.1 Å². The van der Waals surface area contributed by atoms with Crippen LogP contribution in [-0.2, 0) is 6.54 Å². The fraction of sp³-hybridized carbons (Fsp3) is 0.333. The maximum atomic E-state index is 12.1. The third kappa shape index (κ3) is 3.85. The average Bonchev–Trinajstić information content (AvgIpc) is 3.04. The number of carbonyl (C=O) groups excluding carboxylic acids is 1. The molecule has 116 valence electrons. The Morgan fingerprint density at radius 3 is 2.41 bits per heavy atom. The van der Waals surface area contributed by atoms with Crippen molar-refractivity contribution in [3.8, 4) is 0 Å². The summed E-state index contributed by atoms with van der Waals surface area (Å²) in [5.74, 6) is -0.0208. The van der Waals surface area contributed by atoms with Crippen molar-refractivity contribution in [2.24, 2.45) is 0 Å². The van der Waals surface area contributed by atoms with Crippen LogP contribution in [0.25, 0.3) is 6.08 Å². The number of allylic oxidation sites excluding steroid dienone is 1. The van der Waals surface area contributed by atoms with Gasteiger partial charge in [-0.05, 0) is 44.5 Å². The lowest BCUT2D eigenvalue weighted by Crippen LogP contribution is -2.21. The quantitative estimate of drug-likeness (QED) is 0.578. The Hall–Kier alpha value is -2.36. The predicted molar refractivity (Wildman–Crippen MR) is 91.3 cm³/mol. The molecule has 4 nitrogen and oxygen atoms in total. The Balaban J connectivity index is 2.05. The number of carbonyl (C=O) groups is 1. The van der Waals surface area contributed by atoms with Gasteiger partial charge < -0.3 is 4.90 Å². The minimum atomic E-state index is -0.0208. The van der Waals surface area contributed by atoms with E-state index in [-0.39, 0.29) is 5.78 Å². The molecule has 0 aliphatic heterocycles. The van der Waals surface area contributed by atoms with Crippen molar-refractivity contribution in [3.63, 3.8) is 0 Å². The van der Waals surface area contributed by atoms with Crippen molar-refractivity contribution in [2.75, 3.05) is 18.0 Å². The van der Waals surface area contributed by atoms with E-state index in [1.165, 1.54) is 5.69 Å². The van der Waals surface area contributed by atoms with Crippen molar-refractivity contribution in [1.82, 2.24) is 9.78 Å². The van der Waals surface area contributed by atoms with Crippen LogP contribution in [0.5, 0.6) is 0 Å². The van der Waals surface area contributed by atoms with Crippen LogP contribution in [0.3, 0.4) is 0 Å². The number of hydrogen-bond acceptors (Lipinski definition) is 3. The van der Waals surface area contributed by atoms with Gasteiger partial charge >= 0.3 is 0 Å². The molecule has 0 amide bonds. The molecular formula is C18H23N3O. The first-order chi connectivity index (χ1) is 10.7. The number of aryl methyl sites for hydroxylation is 1.